The van der Waals surface area contributed by atoms with Gasteiger partial charge in [0.25, 0.3) is 0 Å². The van der Waals surface area contributed by atoms with Crippen LogP contribution in [-0.4, -0.2) is 11.3 Å². The van der Waals surface area contributed by atoms with E-state index in [1.165, 1.54) is 13.1 Å². The Labute approximate surface area is 96.8 Å². The second-order valence-corrected chi connectivity index (χ2v) is 3.84. The fourth-order valence-electron chi connectivity index (χ4n) is 0.993. The zero-order chi connectivity index (χ0) is 11.6. The normalized spacial score (nSPS) is 11.6. The molecule has 0 aliphatic rings. The van der Waals surface area contributed by atoms with E-state index >= 15 is 0 Å². The van der Waals surface area contributed by atoms with E-state index in [9.17, 15) is 17.6 Å². The zero-order valence-corrected chi connectivity index (χ0v) is 9.69. The molecule has 1 aromatic rings. The number of halogens is 5. The standard InChI is InChI=1S/C8H6F4INO/c1-4-7(15-8(10,11)12)5(2-9)6(13)3-14-4/h3H,2H2,1H3. The van der Waals surface area contributed by atoms with Crippen molar-refractivity contribution in [1.82, 2.24) is 4.98 Å². The largest absolute Gasteiger partial charge is 0.573 e. The molecule has 0 aliphatic heterocycles. The van der Waals surface area contributed by atoms with E-state index < -0.39 is 18.8 Å². The average Bonchev–Trinajstić information content (AvgIpc) is 2.10. The maximum absolute atomic E-state index is 12.5. The van der Waals surface area contributed by atoms with Gasteiger partial charge in [0.05, 0.1) is 5.69 Å². The van der Waals surface area contributed by atoms with E-state index in [1.54, 1.807) is 22.6 Å². The van der Waals surface area contributed by atoms with Gasteiger partial charge < -0.3 is 4.74 Å². The first-order valence-electron chi connectivity index (χ1n) is 3.81. The molecule has 0 N–H and O–H groups in total. The number of pyridine rings is 1. The Kier molecular flexibility index (Phi) is 3.74. The predicted molar refractivity (Wildman–Crippen MR) is 53.2 cm³/mol. The van der Waals surface area contributed by atoms with E-state index in [2.05, 4.69) is 9.72 Å². The fraction of sp³-hybridized carbons (Fsp3) is 0.375. The Morgan fingerprint density at radius 2 is 2.07 bits per heavy atom. The summed E-state index contributed by atoms with van der Waals surface area (Å²) < 4.78 is 52.5. The Hall–Kier alpha value is -0.600. The van der Waals surface area contributed by atoms with Crippen molar-refractivity contribution in [2.45, 2.75) is 20.0 Å². The summed E-state index contributed by atoms with van der Waals surface area (Å²) in [6.45, 7) is 0.309. The summed E-state index contributed by atoms with van der Waals surface area (Å²) in [4.78, 5) is 3.67. The van der Waals surface area contributed by atoms with Crippen molar-refractivity contribution in [2.24, 2.45) is 0 Å². The van der Waals surface area contributed by atoms with Crippen LogP contribution in [0.5, 0.6) is 5.75 Å². The second kappa shape index (κ2) is 4.50. The van der Waals surface area contributed by atoms with Crippen LogP contribution in [0.25, 0.3) is 0 Å². The molecule has 0 radical (unpaired) electrons. The van der Waals surface area contributed by atoms with Crippen LogP contribution in [0.3, 0.4) is 0 Å². The van der Waals surface area contributed by atoms with Gasteiger partial charge in [-0.05, 0) is 29.5 Å². The third-order valence-electron chi connectivity index (χ3n) is 1.61. The van der Waals surface area contributed by atoms with Crippen molar-refractivity contribution in [1.29, 1.82) is 0 Å². The van der Waals surface area contributed by atoms with Crippen LogP contribution < -0.4 is 4.74 Å². The third kappa shape index (κ3) is 3.18. The fourth-order valence-corrected chi connectivity index (χ4v) is 1.52. The minimum Gasteiger partial charge on any atom is -0.403 e. The molecule has 0 fully saturated rings. The van der Waals surface area contributed by atoms with Crippen LogP contribution in [0.15, 0.2) is 6.20 Å². The smallest absolute Gasteiger partial charge is 0.403 e. The SMILES string of the molecule is Cc1ncc(I)c(CF)c1OC(F)(F)F. The highest BCUT2D eigenvalue weighted by molar-refractivity contribution is 14.1. The van der Waals surface area contributed by atoms with Gasteiger partial charge in [0.15, 0.2) is 5.75 Å². The van der Waals surface area contributed by atoms with Crippen LogP contribution >= 0.6 is 22.6 Å². The Morgan fingerprint density at radius 1 is 1.47 bits per heavy atom. The molecule has 7 heteroatoms. The number of rotatable bonds is 2. The lowest BCUT2D eigenvalue weighted by Gasteiger charge is -2.14. The van der Waals surface area contributed by atoms with E-state index in [-0.39, 0.29) is 11.3 Å². The monoisotopic (exact) mass is 335 g/mol. The predicted octanol–water partition coefficient (Wildman–Crippen LogP) is 3.36. The highest BCUT2D eigenvalue weighted by Gasteiger charge is 2.33. The van der Waals surface area contributed by atoms with Gasteiger partial charge in [-0.1, -0.05) is 0 Å². The van der Waals surface area contributed by atoms with Crippen LogP contribution in [0.2, 0.25) is 0 Å². The molecular formula is C8H6F4INO. The number of alkyl halides is 4. The number of hydrogen-bond acceptors (Lipinski definition) is 2. The average molecular weight is 335 g/mol. The lowest BCUT2D eigenvalue weighted by Crippen LogP contribution is -2.19. The molecule has 1 rings (SSSR count). The molecule has 0 aromatic carbocycles. The van der Waals surface area contributed by atoms with Gasteiger partial charge in [-0.15, -0.1) is 13.2 Å². The molecule has 0 saturated carbocycles. The lowest BCUT2D eigenvalue weighted by atomic mass is 10.2. The Balaban J connectivity index is 3.20. The minimum atomic E-state index is -4.83. The summed E-state index contributed by atoms with van der Waals surface area (Å²) >= 11 is 1.70. The summed E-state index contributed by atoms with van der Waals surface area (Å²) in [6.07, 6.45) is -3.53. The van der Waals surface area contributed by atoms with Gasteiger partial charge in [-0.2, -0.15) is 0 Å². The van der Waals surface area contributed by atoms with Gasteiger partial charge in [0.1, 0.15) is 6.67 Å². The summed E-state index contributed by atoms with van der Waals surface area (Å²) in [5, 5.41) is 0. The molecule has 0 bridgehead atoms. The molecule has 0 saturated heterocycles. The number of ether oxygens (including phenoxy) is 1. The van der Waals surface area contributed by atoms with Gasteiger partial charge in [-0.25, -0.2) is 4.39 Å². The van der Waals surface area contributed by atoms with Gasteiger partial charge in [0.2, 0.25) is 0 Å². The first-order valence-corrected chi connectivity index (χ1v) is 4.88. The van der Waals surface area contributed by atoms with Gasteiger partial charge >= 0.3 is 6.36 Å². The van der Waals surface area contributed by atoms with Gasteiger partial charge in [-0.3, -0.25) is 4.98 Å². The summed E-state index contributed by atoms with van der Waals surface area (Å²) in [5.41, 5.74) is -0.110. The van der Waals surface area contributed by atoms with Crippen molar-refractivity contribution in [3.8, 4) is 5.75 Å². The molecule has 0 spiro atoms. The summed E-state index contributed by atoms with van der Waals surface area (Å²) in [7, 11) is 0. The first-order chi connectivity index (χ1) is 6.85. The maximum Gasteiger partial charge on any atom is 0.573 e. The Bertz CT molecular complexity index is 366. The van der Waals surface area contributed by atoms with Gasteiger partial charge in [0, 0.05) is 15.3 Å². The van der Waals surface area contributed by atoms with E-state index in [1.807, 2.05) is 0 Å². The third-order valence-corrected chi connectivity index (χ3v) is 2.54. The van der Waals surface area contributed by atoms with Crippen LogP contribution in [-0.2, 0) is 6.67 Å². The molecule has 15 heavy (non-hydrogen) atoms. The molecule has 1 aromatic heterocycles. The second-order valence-electron chi connectivity index (χ2n) is 2.68. The maximum atomic E-state index is 12.5. The molecule has 1 heterocycles. The van der Waals surface area contributed by atoms with Crippen LogP contribution in [0, 0.1) is 10.5 Å². The molecule has 84 valence electrons. The quantitative estimate of drug-likeness (QED) is 0.611. The van der Waals surface area contributed by atoms with Crippen molar-refractivity contribution in [3.63, 3.8) is 0 Å². The highest BCUT2D eigenvalue weighted by atomic mass is 127. The van der Waals surface area contributed by atoms with Crippen molar-refractivity contribution < 1.29 is 22.3 Å². The number of nitrogens with zero attached hydrogens (tertiary/aromatic N) is 1. The minimum absolute atomic E-state index is 0.0143. The summed E-state index contributed by atoms with van der Waals surface area (Å²) in [6, 6.07) is 0. The molecule has 0 amide bonds. The number of aryl methyl sites for hydroxylation is 1. The van der Waals surface area contributed by atoms with Crippen molar-refractivity contribution >= 4 is 22.6 Å². The number of hydrogen-bond donors (Lipinski definition) is 0. The van der Waals surface area contributed by atoms with E-state index in [0.717, 1.165) is 0 Å². The zero-order valence-electron chi connectivity index (χ0n) is 7.53. The lowest BCUT2D eigenvalue weighted by molar-refractivity contribution is -0.275. The Morgan fingerprint density at radius 3 is 2.53 bits per heavy atom. The first kappa shape index (κ1) is 12.5. The number of aromatic nitrogens is 1. The van der Waals surface area contributed by atoms with Crippen LogP contribution in [0.1, 0.15) is 11.3 Å². The van der Waals surface area contributed by atoms with E-state index in [4.69, 9.17) is 0 Å². The highest BCUT2D eigenvalue weighted by Crippen LogP contribution is 2.31. The summed E-state index contributed by atoms with van der Waals surface area (Å²) in [5.74, 6) is -0.545. The molecule has 0 aliphatic carbocycles. The van der Waals surface area contributed by atoms with E-state index in [0.29, 0.717) is 3.57 Å². The molecule has 2 nitrogen and oxygen atoms in total. The molecule has 0 unspecified atom stereocenters. The van der Waals surface area contributed by atoms with Crippen LogP contribution in [0.4, 0.5) is 17.6 Å². The van der Waals surface area contributed by atoms with Crippen molar-refractivity contribution in [3.05, 3.63) is 21.0 Å². The topological polar surface area (TPSA) is 22.1 Å². The molecule has 0 atom stereocenters. The molecular weight excluding hydrogens is 329 g/mol. The van der Waals surface area contributed by atoms with Crippen molar-refractivity contribution in [2.75, 3.05) is 0 Å².